The lowest BCUT2D eigenvalue weighted by Gasteiger charge is -2.25. The zero-order valence-electron chi connectivity index (χ0n) is 18.9. The van der Waals surface area contributed by atoms with Gasteiger partial charge in [-0.15, -0.1) is 0 Å². The van der Waals surface area contributed by atoms with Crippen LogP contribution in [0.4, 0.5) is 9.59 Å². The highest BCUT2D eigenvalue weighted by Crippen LogP contribution is 2.11. The molecule has 0 saturated carbocycles. The van der Waals surface area contributed by atoms with Gasteiger partial charge < -0.3 is 33.7 Å². The van der Waals surface area contributed by atoms with E-state index in [1.165, 1.54) is 0 Å². The van der Waals surface area contributed by atoms with Gasteiger partial charge in [0, 0.05) is 13.1 Å². The van der Waals surface area contributed by atoms with Crippen LogP contribution in [0.25, 0.3) is 0 Å². The number of epoxide rings is 3. The predicted octanol–water partition coefficient (Wildman–Crippen LogP) is -1.82. The lowest BCUT2D eigenvalue weighted by Crippen LogP contribution is -2.52. The third-order valence-corrected chi connectivity index (χ3v) is 4.80. The number of ether oxygens (including phenoxy) is 6. The number of urea groups is 2. The van der Waals surface area contributed by atoms with Gasteiger partial charge in [-0.05, 0) is 0 Å². The minimum Gasteiger partial charge on any atom is -0.463 e. The number of hydrogen-bond donors (Lipinski definition) is 1. The topological polar surface area (TPSA) is 186 Å². The third kappa shape index (κ3) is 10.2. The summed E-state index contributed by atoms with van der Waals surface area (Å²) in [6.45, 7) is 0.164. The molecule has 3 fully saturated rings. The zero-order chi connectivity index (χ0) is 25.2. The van der Waals surface area contributed by atoms with Crippen molar-refractivity contribution in [3.05, 3.63) is 0 Å². The Hall–Kier alpha value is -3.30. The molecular formula is C20H27N3O12. The smallest absolute Gasteiger partial charge is 0.335 e. The van der Waals surface area contributed by atoms with Crippen molar-refractivity contribution in [3.8, 4) is 0 Å². The normalized spacial score (nSPS) is 21.2. The zero-order valence-corrected chi connectivity index (χ0v) is 18.9. The van der Waals surface area contributed by atoms with Crippen molar-refractivity contribution in [2.75, 3.05) is 59.3 Å². The van der Waals surface area contributed by atoms with Gasteiger partial charge in [0.1, 0.15) is 44.7 Å². The number of rotatable bonds is 15. The highest BCUT2D eigenvalue weighted by atomic mass is 16.6. The number of imide groups is 2. The van der Waals surface area contributed by atoms with Gasteiger partial charge in [0.25, 0.3) is 0 Å². The maximum absolute atomic E-state index is 12.8. The number of nitrogens with zero attached hydrogens (tertiary/aromatic N) is 2. The Labute approximate surface area is 199 Å². The van der Waals surface area contributed by atoms with Gasteiger partial charge in [-0.1, -0.05) is 0 Å². The van der Waals surface area contributed by atoms with Crippen molar-refractivity contribution in [1.29, 1.82) is 0 Å². The van der Waals surface area contributed by atoms with Crippen molar-refractivity contribution in [2.24, 2.45) is 0 Å². The number of hydrogen-bond acceptors (Lipinski definition) is 12. The molecule has 0 spiro atoms. The molecule has 0 aliphatic carbocycles. The molecule has 15 nitrogen and oxygen atoms in total. The standard InChI is InChI=1S/C20H27N3O12/c24-12-22(4-2-17(26)34-10-14-7-31-14)20(29)23(5-18(27)35-11-15-8-32-15)19(28)21-3-1-16(25)33-9-13-6-30-13/h12-15H,1-11H2,(H,21,28). The molecule has 0 aromatic heterocycles. The van der Waals surface area contributed by atoms with Crippen LogP contribution in [0.1, 0.15) is 12.8 Å². The lowest BCUT2D eigenvalue weighted by molar-refractivity contribution is -0.145. The summed E-state index contributed by atoms with van der Waals surface area (Å²) in [5, 5.41) is 2.32. The van der Waals surface area contributed by atoms with Crippen molar-refractivity contribution >= 4 is 36.4 Å². The molecule has 35 heavy (non-hydrogen) atoms. The fourth-order valence-corrected chi connectivity index (χ4v) is 2.52. The SMILES string of the molecule is O=CN(CCC(=O)OCC1CO1)C(=O)N(CC(=O)OCC1CO1)C(=O)NCCC(=O)OCC1CO1. The monoisotopic (exact) mass is 501 g/mol. The van der Waals surface area contributed by atoms with Crippen LogP contribution in [0, 0.1) is 0 Å². The predicted molar refractivity (Wildman–Crippen MR) is 110 cm³/mol. The average molecular weight is 501 g/mol. The van der Waals surface area contributed by atoms with Crippen molar-refractivity contribution in [3.63, 3.8) is 0 Å². The molecule has 194 valence electrons. The fourth-order valence-electron chi connectivity index (χ4n) is 2.52. The van der Waals surface area contributed by atoms with E-state index in [0.717, 1.165) is 0 Å². The Morgan fingerprint density at radius 2 is 1.29 bits per heavy atom. The molecule has 5 amide bonds. The highest BCUT2D eigenvalue weighted by molar-refractivity contribution is 6.00. The molecule has 3 atom stereocenters. The molecule has 0 aromatic carbocycles. The summed E-state index contributed by atoms with van der Waals surface area (Å²) in [6.07, 6.45) is -0.885. The molecule has 1 N–H and O–H groups in total. The average Bonchev–Trinajstić information content (AvgIpc) is 3.70. The van der Waals surface area contributed by atoms with Crippen LogP contribution in [0.15, 0.2) is 0 Å². The number of carbonyl (C=O) groups excluding carboxylic acids is 6. The van der Waals surface area contributed by atoms with E-state index in [1.807, 2.05) is 0 Å². The van der Waals surface area contributed by atoms with Crippen LogP contribution < -0.4 is 5.32 Å². The maximum atomic E-state index is 12.8. The van der Waals surface area contributed by atoms with Crippen LogP contribution >= 0.6 is 0 Å². The molecule has 3 aliphatic rings. The Balaban J connectivity index is 1.49. The van der Waals surface area contributed by atoms with Gasteiger partial charge in [-0.3, -0.25) is 24.1 Å². The first-order valence-corrected chi connectivity index (χ1v) is 11.0. The van der Waals surface area contributed by atoms with E-state index in [-0.39, 0.29) is 63.9 Å². The van der Waals surface area contributed by atoms with E-state index in [9.17, 15) is 28.8 Å². The molecular weight excluding hydrogens is 474 g/mol. The molecule has 3 heterocycles. The van der Waals surface area contributed by atoms with Gasteiger partial charge in [0.15, 0.2) is 0 Å². The maximum Gasteiger partial charge on any atom is 0.335 e. The third-order valence-electron chi connectivity index (χ3n) is 4.80. The van der Waals surface area contributed by atoms with Crippen LogP contribution in [-0.4, -0.2) is 124 Å². The molecule has 0 bridgehead atoms. The molecule has 3 aliphatic heterocycles. The Morgan fingerprint density at radius 3 is 1.77 bits per heavy atom. The van der Waals surface area contributed by atoms with Crippen molar-refractivity contribution < 1.29 is 57.2 Å². The second-order valence-electron chi connectivity index (χ2n) is 7.81. The number of esters is 3. The summed E-state index contributed by atoms with van der Waals surface area (Å²) in [5.41, 5.74) is 0. The first-order chi connectivity index (χ1) is 16.9. The van der Waals surface area contributed by atoms with Gasteiger partial charge in [0.05, 0.1) is 32.7 Å². The molecule has 0 radical (unpaired) electrons. The lowest BCUT2D eigenvalue weighted by atomic mass is 10.4. The van der Waals surface area contributed by atoms with E-state index < -0.39 is 43.1 Å². The summed E-state index contributed by atoms with van der Waals surface area (Å²) in [4.78, 5) is 73.5. The largest absolute Gasteiger partial charge is 0.463 e. The van der Waals surface area contributed by atoms with Crippen LogP contribution in [0.3, 0.4) is 0 Å². The first-order valence-electron chi connectivity index (χ1n) is 11.0. The molecule has 0 aromatic rings. The van der Waals surface area contributed by atoms with Crippen LogP contribution in [0.5, 0.6) is 0 Å². The number of amides is 5. The Bertz CT molecular complexity index is 809. The van der Waals surface area contributed by atoms with E-state index in [2.05, 4.69) is 5.32 Å². The second kappa shape index (κ2) is 13.0. The molecule has 15 heteroatoms. The quantitative estimate of drug-likeness (QED) is 0.115. The highest BCUT2D eigenvalue weighted by Gasteiger charge is 2.31. The van der Waals surface area contributed by atoms with Crippen LogP contribution in [-0.2, 0) is 47.6 Å². The fraction of sp³-hybridized carbons (Fsp3) is 0.700. The Kier molecular flexibility index (Phi) is 9.75. The first kappa shape index (κ1) is 26.3. The Morgan fingerprint density at radius 1 is 0.800 bits per heavy atom. The number of nitrogens with one attached hydrogen (secondary N) is 1. The van der Waals surface area contributed by atoms with Gasteiger partial charge in [0.2, 0.25) is 6.41 Å². The summed E-state index contributed by atoms with van der Waals surface area (Å²) in [7, 11) is 0. The molecule has 3 unspecified atom stereocenters. The van der Waals surface area contributed by atoms with E-state index in [4.69, 9.17) is 28.4 Å². The van der Waals surface area contributed by atoms with Crippen LogP contribution in [0.2, 0.25) is 0 Å². The van der Waals surface area contributed by atoms with Gasteiger partial charge in [-0.25, -0.2) is 14.5 Å². The van der Waals surface area contributed by atoms with Gasteiger partial charge >= 0.3 is 30.0 Å². The number of carbonyl (C=O) groups is 6. The van der Waals surface area contributed by atoms with E-state index in [0.29, 0.717) is 29.6 Å². The molecule has 3 saturated heterocycles. The van der Waals surface area contributed by atoms with Crippen molar-refractivity contribution in [2.45, 2.75) is 31.2 Å². The van der Waals surface area contributed by atoms with E-state index >= 15 is 0 Å². The van der Waals surface area contributed by atoms with E-state index in [1.54, 1.807) is 0 Å². The summed E-state index contributed by atoms with van der Waals surface area (Å²) >= 11 is 0. The van der Waals surface area contributed by atoms with Crippen molar-refractivity contribution in [1.82, 2.24) is 15.1 Å². The minimum absolute atomic E-state index is 0.0486. The summed E-state index contributed by atoms with van der Waals surface area (Å²) in [5.74, 6) is -2.18. The molecule has 3 rings (SSSR count). The summed E-state index contributed by atoms with van der Waals surface area (Å²) < 4.78 is 29.6. The summed E-state index contributed by atoms with van der Waals surface area (Å²) in [6, 6.07) is -2.21. The minimum atomic E-state index is -1.16. The second-order valence-corrected chi connectivity index (χ2v) is 7.81. The van der Waals surface area contributed by atoms with Gasteiger partial charge in [-0.2, -0.15) is 0 Å².